The molecule has 2 atom stereocenters. The predicted octanol–water partition coefficient (Wildman–Crippen LogP) is 3.99. The van der Waals surface area contributed by atoms with E-state index in [9.17, 15) is 4.79 Å². The topological polar surface area (TPSA) is 32.8 Å². The van der Waals surface area contributed by atoms with Crippen molar-refractivity contribution in [2.24, 2.45) is 0 Å². The number of esters is 1. The number of halogens is 1. The molecular weight excluding hydrogens is 368 g/mol. The standard InChI is InChI=1S/C20H25ClN2O2S/c1-14(12-22(2)3)25-20(24)19(16-6-4-5-7-17(16)21)23-10-8-18-15(13-23)9-11-26-18/h4-7,9,11,14,19H,8,10,12-13H2,1-3H3/t14-,19+/m1/s1. The smallest absolute Gasteiger partial charge is 0.328 e. The summed E-state index contributed by atoms with van der Waals surface area (Å²) in [4.78, 5) is 18.7. The number of benzene rings is 1. The minimum absolute atomic E-state index is 0.177. The van der Waals surface area contributed by atoms with Gasteiger partial charge >= 0.3 is 5.97 Å². The van der Waals surface area contributed by atoms with Gasteiger partial charge in [0.05, 0.1) is 0 Å². The molecule has 4 nitrogen and oxygen atoms in total. The summed E-state index contributed by atoms with van der Waals surface area (Å²) >= 11 is 8.23. The SMILES string of the molecule is C[C@H](CN(C)C)OC(=O)[C@H](c1ccccc1Cl)N1CCc2sccc2C1. The van der Waals surface area contributed by atoms with Gasteiger partial charge in [-0.25, -0.2) is 4.79 Å². The molecule has 140 valence electrons. The molecule has 0 aliphatic carbocycles. The fourth-order valence-corrected chi connectivity index (χ4v) is 4.60. The molecule has 0 bridgehead atoms. The van der Waals surface area contributed by atoms with Crippen molar-refractivity contribution in [3.8, 4) is 0 Å². The third-order valence-electron chi connectivity index (χ3n) is 4.57. The number of ether oxygens (including phenoxy) is 1. The van der Waals surface area contributed by atoms with Gasteiger partial charge in [0.15, 0.2) is 0 Å². The zero-order valence-corrected chi connectivity index (χ0v) is 17.0. The number of carbonyl (C=O) groups excluding carboxylic acids is 1. The van der Waals surface area contributed by atoms with Crippen LogP contribution in [0.2, 0.25) is 5.02 Å². The molecule has 0 saturated heterocycles. The summed E-state index contributed by atoms with van der Waals surface area (Å²) in [6.45, 7) is 4.18. The van der Waals surface area contributed by atoms with Crippen molar-refractivity contribution in [2.75, 3.05) is 27.2 Å². The average molecular weight is 393 g/mol. The van der Waals surface area contributed by atoms with E-state index in [4.69, 9.17) is 16.3 Å². The summed E-state index contributed by atoms with van der Waals surface area (Å²) in [7, 11) is 3.94. The molecule has 0 radical (unpaired) electrons. The molecule has 1 aliphatic rings. The van der Waals surface area contributed by atoms with Crippen LogP contribution in [-0.4, -0.2) is 49.1 Å². The van der Waals surface area contributed by atoms with E-state index in [1.165, 1.54) is 10.4 Å². The number of fused-ring (bicyclic) bond motifs is 1. The molecule has 2 aromatic rings. The first kappa shape index (κ1) is 19.4. The van der Waals surface area contributed by atoms with Gasteiger partial charge in [-0.3, -0.25) is 4.90 Å². The number of thiophene rings is 1. The Labute approximate surface area is 164 Å². The van der Waals surface area contributed by atoms with Crippen LogP contribution in [0.5, 0.6) is 0 Å². The molecule has 0 saturated carbocycles. The number of likely N-dealkylation sites (N-methyl/N-ethyl adjacent to an activating group) is 1. The van der Waals surface area contributed by atoms with Crippen molar-refractivity contribution in [1.29, 1.82) is 0 Å². The largest absolute Gasteiger partial charge is 0.460 e. The third kappa shape index (κ3) is 4.46. The fraction of sp³-hybridized carbons (Fsp3) is 0.450. The first-order valence-electron chi connectivity index (χ1n) is 8.84. The van der Waals surface area contributed by atoms with Crippen LogP contribution in [0.1, 0.15) is 29.0 Å². The maximum atomic E-state index is 13.1. The molecule has 2 heterocycles. The summed E-state index contributed by atoms with van der Waals surface area (Å²) in [6, 6.07) is 9.23. The van der Waals surface area contributed by atoms with Gasteiger partial charge in [0, 0.05) is 29.5 Å². The van der Waals surface area contributed by atoms with Gasteiger partial charge in [0.1, 0.15) is 12.1 Å². The van der Waals surface area contributed by atoms with E-state index in [0.717, 1.165) is 25.1 Å². The molecular formula is C20H25ClN2O2S. The van der Waals surface area contributed by atoms with Crippen molar-refractivity contribution in [1.82, 2.24) is 9.80 Å². The molecule has 26 heavy (non-hydrogen) atoms. The van der Waals surface area contributed by atoms with Gasteiger partial charge in [-0.15, -0.1) is 11.3 Å². The highest BCUT2D eigenvalue weighted by Gasteiger charge is 2.34. The van der Waals surface area contributed by atoms with E-state index in [2.05, 4.69) is 16.3 Å². The number of rotatable bonds is 6. The second-order valence-corrected chi connectivity index (χ2v) is 8.43. The number of carbonyl (C=O) groups is 1. The highest BCUT2D eigenvalue weighted by molar-refractivity contribution is 7.10. The van der Waals surface area contributed by atoms with E-state index in [1.54, 1.807) is 11.3 Å². The summed E-state index contributed by atoms with van der Waals surface area (Å²) in [5.41, 5.74) is 2.11. The molecule has 1 aliphatic heterocycles. The molecule has 0 spiro atoms. The van der Waals surface area contributed by atoms with Crippen LogP contribution in [0.25, 0.3) is 0 Å². The zero-order chi connectivity index (χ0) is 18.7. The monoisotopic (exact) mass is 392 g/mol. The van der Waals surface area contributed by atoms with Gasteiger partial charge in [-0.1, -0.05) is 29.8 Å². The van der Waals surface area contributed by atoms with Crippen LogP contribution in [0, 0.1) is 0 Å². The first-order valence-corrected chi connectivity index (χ1v) is 10.1. The van der Waals surface area contributed by atoms with Crippen molar-refractivity contribution in [3.63, 3.8) is 0 Å². The van der Waals surface area contributed by atoms with Crippen LogP contribution in [0.4, 0.5) is 0 Å². The molecule has 1 aromatic carbocycles. The molecule has 3 rings (SSSR count). The summed E-state index contributed by atoms with van der Waals surface area (Å²) in [6.07, 6.45) is 0.776. The number of nitrogens with zero attached hydrogens (tertiary/aromatic N) is 2. The third-order valence-corrected chi connectivity index (χ3v) is 5.93. The van der Waals surface area contributed by atoms with Gasteiger partial charge in [-0.05, 0) is 56.1 Å². The second kappa shape index (κ2) is 8.53. The van der Waals surface area contributed by atoms with Crippen molar-refractivity contribution in [3.05, 3.63) is 56.7 Å². The van der Waals surface area contributed by atoms with E-state index in [0.29, 0.717) is 11.6 Å². The minimum Gasteiger partial charge on any atom is -0.460 e. The van der Waals surface area contributed by atoms with Crippen LogP contribution in [0.15, 0.2) is 35.7 Å². The maximum Gasteiger partial charge on any atom is 0.328 e. The Morgan fingerprint density at radius 1 is 1.35 bits per heavy atom. The van der Waals surface area contributed by atoms with Crippen molar-refractivity contribution in [2.45, 2.75) is 32.0 Å². The Hall–Kier alpha value is -1.40. The van der Waals surface area contributed by atoms with Crippen molar-refractivity contribution < 1.29 is 9.53 Å². The van der Waals surface area contributed by atoms with Crippen LogP contribution in [0.3, 0.4) is 0 Å². The Morgan fingerprint density at radius 3 is 2.85 bits per heavy atom. The van der Waals surface area contributed by atoms with Gasteiger partial charge in [0.25, 0.3) is 0 Å². The van der Waals surface area contributed by atoms with Crippen molar-refractivity contribution >= 4 is 28.9 Å². The fourth-order valence-electron chi connectivity index (χ4n) is 3.47. The molecule has 0 unspecified atom stereocenters. The lowest BCUT2D eigenvalue weighted by Crippen LogP contribution is -2.40. The van der Waals surface area contributed by atoms with E-state index >= 15 is 0 Å². The van der Waals surface area contributed by atoms with Crippen LogP contribution < -0.4 is 0 Å². The zero-order valence-electron chi connectivity index (χ0n) is 15.4. The first-order chi connectivity index (χ1) is 12.5. The normalized spacial score (nSPS) is 17.0. The Kier molecular flexibility index (Phi) is 6.35. The summed E-state index contributed by atoms with van der Waals surface area (Å²) < 4.78 is 5.78. The lowest BCUT2D eigenvalue weighted by atomic mass is 10.0. The Balaban J connectivity index is 1.85. The van der Waals surface area contributed by atoms with E-state index < -0.39 is 6.04 Å². The average Bonchev–Trinajstić information content (AvgIpc) is 3.03. The molecule has 6 heteroatoms. The Bertz CT molecular complexity index is 762. The second-order valence-electron chi connectivity index (χ2n) is 7.02. The summed E-state index contributed by atoms with van der Waals surface area (Å²) in [5, 5.41) is 2.72. The quantitative estimate of drug-likeness (QED) is 0.696. The summed E-state index contributed by atoms with van der Waals surface area (Å²) in [5.74, 6) is -0.230. The number of hydrogen-bond donors (Lipinski definition) is 0. The lowest BCUT2D eigenvalue weighted by Gasteiger charge is -2.34. The van der Waals surface area contributed by atoms with Gasteiger partial charge in [0.2, 0.25) is 0 Å². The highest BCUT2D eigenvalue weighted by Crippen LogP contribution is 2.34. The molecule has 0 fully saturated rings. The van der Waals surface area contributed by atoms with Crippen LogP contribution in [-0.2, 0) is 22.5 Å². The minimum atomic E-state index is -0.485. The molecule has 0 N–H and O–H groups in total. The maximum absolute atomic E-state index is 13.1. The van der Waals surface area contributed by atoms with Gasteiger partial charge < -0.3 is 9.64 Å². The Morgan fingerprint density at radius 2 is 2.12 bits per heavy atom. The van der Waals surface area contributed by atoms with Crippen LogP contribution >= 0.6 is 22.9 Å². The van der Waals surface area contributed by atoms with E-state index in [-0.39, 0.29) is 12.1 Å². The number of hydrogen-bond acceptors (Lipinski definition) is 5. The highest BCUT2D eigenvalue weighted by atomic mass is 35.5. The lowest BCUT2D eigenvalue weighted by molar-refractivity contribution is -0.156. The molecule has 1 aromatic heterocycles. The molecule has 0 amide bonds. The van der Waals surface area contributed by atoms with Gasteiger partial charge in [-0.2, -0.15) is 0 Å². The predicted molar refractivity (Wildman–Crippen MR) is 107 cm³/mol. The van der Waals surface area contributed by atoms with E-state index in [1.807, 2.05) is 50.2 Å².